The number of sulfone groups is 1. The van der Waals surface area contributed by atoms with E-state index in [1.807, 2.05) is 0 Å². The Bertz CT molecular complexity index is 845. The monoisotopic (exact) mass is 331 g/mol. The average molecular weight is 331 g/mol. The van der Waals surface area contributed by atoms with Crippen LogP contribution in [-0.2, 0) is 9.84 Å². The van der Waals surface area contributed by atoms with Crippen molar-refractivity contribution in [3.05, 3.63) is 77.5 Å². The van der Waals surface area contributed by atoms with Gasteiger partial charge in [0.05, 0.1) is 11.8 Å². The zero-order chi connectivity index (χ0) is 16.4. The number of halogens is 1. The lowest BCUT2D eigenvalue weighted by Gasteiger charge is -2.27. The Morgan fingerprint density at radius 2 is 1.70 bits per heavy atom. The number of carbonyl (C=O) groups is 1. The van der Waals surface area contributed by atoms with Crippen LogP contribution in [0.2, 0.25) is 0 Å². The third-order valence-electron chi connectivity index (χ3n) is 3.59. The molecule has 1 atom stereocenters. The van der Waals surface area contributed by atoms with Gasteiger partial charge in [-0.15, -0.1) is 0 Å². The summed E-state index contributed by atoms with van der Waals surface area (Å²) in [5.41, 5.74) is 0.890. The van der Waals surface area contributed by atoms with E-state index in [-0.39, 0.29) is 11.7 Å². The van der Waals surface area contributed by atoms with E-state index < -0.39 is 21.7 Å². The van der Waals surface area contributed by atoms with Crippen LogP contribution in [-0.4, -0.2) is 26.1 Å². The van der Waals surface area contributed by atoms with Gasteiger partial charge in [0, 0.05) is 16.7 Å². The fourth-order valence-corrected chi connectivity index (χ4v) is 3.77. The Morgan fingerprint density at radius 3 is 2.26 bits per heavy atom. The molecule has 1 unspecified atom stereocenters. The maximum absolute atomic E-state index is 13.2. The highest BCUT2D eigenvalue weighted by Gasteiger charge is 2.31. The van der Waals surface area contributed by atoms with Gasteiger partial charge in [-0.2, -0.15) is 0 Å². The SMILES string of the molecule is O=C(c1ccccc1)N(c1ccc(F)cc1)C1C=CS(=O)(=O)C1. The van der Waals surface area contributed by atoms with E-state index in [1.165, 1.54) is 35.2 Å². The van der Waals surface area contributed by atoms with E-state index in [0.717, 1.165) is 5.41 Å². The minimum Gasteiger partial charge on any atom is -0.300 e. The Hall–Kier alpha value is -2.47. The van der Waals surface area contributed by atoms with Crippen LogP contribution in [0.15, 0.2) is 66.1 Å². The molecule has 3 rings (SSSR count). The molecule has 0 saturated carbocycles. The molecule has 118 valence electrons. The lowest BCUT2D eigenvalue weighted by Crippen LogP contribution is -2.41. The molecule has 0 bridgehead atoms. The average Bonchev–Trinajstić information content (AvgIpc) is 2.90. The first-order chi connectivity index (χ1) is 11.0. The van der Waals surface area contributed by atoms with Crippen LogP contribution in [0, 0.1) is 5.82 Å². The molecule has 1 aliphatic rings. The van der Waals surface area contributed by atoms with Crippen molar-refractivity contribution in [1.29, 1.82) is 0 Å². The fourth-order valence-electron chi connectivity index (χ4n) is 2.50. The largest absolute Gasteiger partial charge is 0.300 e. The Morgan fingerprint density at radius 1 is 1.04 bits per heavy atom. The number of amides is 1. The van der Waals surface area contributed by atoms with Crippen LogP contribution < -0.4 is 4.90 Å². The molecule has 0 radical (unpaired) electrons. The first-order valence-electron chi connectivity index (χ1n) is 7.01. The Labute approximate surface area is 133 Å². The van der Waals surface area contributed by atoms with Gasteiger partial charge in [0.2, 0.25) is 0 Å². The number of anilines is 1. The molecule has 2 aromatic carbocycles. The summed E-state index contributed by atoms with van der Waals surface area (Å²) in [5.74, 6) is -0.928. The van der Waals surface area contributed by atoms with Gasteiger partial charge in [-0.25, -0.2) is 12.8 Å². The van der Waals surface area contributed by atoms with Gasteiger partial charge in [0.15, 0.2) is 9.84 Å². The van der Waals surface area contributed by atoms with E-state index >= 15 is 0 Å². The second kappa shape index (κ2) is 5.96. The van der Waals surface area contributed by atoms with Gasteiger partial charge in [-0.1, -0.05) is 18.2 Å². The molecule has 0 spiro atoms. The van der Waals surface area contributed by atoms with Crippen molar-refractivity contribution in [2.24, 2.45) is 0 Å². The first-order valence-corrected chi connectivity index (χ1v) is 8.73. The molecule has 0 fully saturated rings. The van der Waals surface area contributed by atoms with E-state index in [9.17, 15) is 17.6 Å². The van der Waals surface area contributed by atoms with Crippen molar-refractivity contribution < 1.29 is 17.6 Å². The van der Waals surface area contributed by atoms with Crippen molar-refractivity contribution in [3.63, 3.8) is 0 Å². The summed E-state index contributed by atoms with van der Waals surface area (Å²) >= 11 is 0. The predicted molar refractivity (Wildman–Crippen MR) is 86.4 cm³/mol. The molecule has 1 aliphatic heterocycles. The van der Waals surface area contributed by atoms with Gasteiger partial charge < -0.3 is 4.90 Å². The van der Waals surface area contributed by atoms with Crippen LogP contribution in [0.4, 0.5) is 10.1 Å². The van der Waals surface area contributed by atoms with Crippen molar-refractivity contribution in [1.82, 2.24) is 0 Å². The highest BCUT2D eigenvalue weighted by molar-refractivity contribution is 7.94. The van der Waals surface area contributed by atoms with Gasteiger partial charge in [0.25, 0.3) is 5.91 Å². The summed E-state index contributed by atoms with van der Waals surface area (Å²) < 4.78 is 36.6. The zero-order valence-electron chi connectivity index (χ0n) is 12.1. The zero-order valence-corrected chi connectivity index (χ0v) is 12.9. The summed E-state index contributed by atoms with van der Waals surface area (Å²) in [5, 5.41) is 1.12. The molecule has 0 aliphatic carbocycles. The molecule has 0 aromatic heterocycles. The number of hydrogen-bond acceptors (Lipinski definition) is 3. The normalized spacial score (nSPS) is 18.7. The minimum absolute atomic E-state index is 0.178. The Balaban J connectivity index is 2.02. The highest BCUT2D eigenvalue weighted by atomic mass is 32.2. The lowest BCUT2D eigenvalue weighted by atomic mass is 10.1. The summed E-state index contributed by atoms with van der Waals surface area (Å²) in [6.45, 7) is 0. The van der Waals surface area contributed by atoms with E-state index in [1.54, 1.807) is 30.3 Å². The third kappa shape index (κ3) is 3.32. The highest BCUT2D eigenvalue weighted by Crippen LogP contribution is 2.25. The van der Waals surface area contributed by atoms with Crippen LogP contribution >= 0.6 is 0 Å². The molecule has 1 amide bonds. The molecule has 1 heterocycles. The predicted octanol–water partition coefficient (Wildman–Crippen LogP) is 2.78. The molecule has 23 heavy (non-hydrogen) atoms. The Kier molecular flexibility index (Phi) is 4.00. The standard InChI is InChI=1S/C17H14FNO3S/c18-14-6-8-15(9-7-14)19(16-10-11-23(21,22)12-16)17(20)13-4-2-1-3-5-13/h1-11,16H,12H2. The number of benzene rings is 2. The number of carbonyl (C=O) groups excluding carboxylic acids is 1. The molecule has 6 heteroatoms. The molecule has 0 N–H and O–H groups in total. The second-order valence-corrected chi connectivity index (χ2v) is 7.17. The van der Waals surface area contributed by atoms with Crippen molar-refractivity contribution in [3.8, 4) is 0 Å². The smallest absolute Gasteiger partial charge is 0.258 e. The molecule has 4 nitrogen and oxygen atoms in total. The van der Waals surface area contributed by atoms with Gasteiger partial charge in [-0.05, 0) is 42.5 Å². The van der Waals surface area contributed by atoms with Crippen LogP contribution in [0.5, 0.6) is 0 Å². The van der Waals surface area contributed by atoms with Crippen molar-refractivity contribution >= 4 is 21.4 Å². The molecular formula is C17H14FNO3S. The van der Waals surface area contributed by atoms with Gasteiger partial charge in [-0.3, -0.25) is 4.79 Å². The van der Waals surface area contributed by atoms with Gasteiger partial charge in [0.1, 0.15) is 5.82 Å². The van der Waals surface area contributed by atoms with E-state index in [2.05, 4.69) is 0 Å². The topological polar surface area (TPSA) is 54.5 Å². The summed E-state index contributed by atoms with van der Waals surface area (Å²) in [6.07, 6.45) is 1.49. The minimum atomic E-state index is -3.32. The van der Waals surface area contributed by atoms with E-state index in [0.29, 0.717) is 11.3 Å². The van der Waals surface area contributed by atoms with Crippen LogP contribution in [0.3, 0.4) is 0 Å². The van der Waals surface area contributed by atoms with E-state index in [4.69, 9.17) is 0 Å². The molecule has 0 saturated heterocycles. The molecule has 2 aromatic rings. The quantitative estimate of drug-likeness (QED) is 0.869. The second-order valence-electron chi connectivity index (χ2n) is 5.24. The third-order valence-corrected chi connectivity index (χ3v) is 4.97. The van der Waals surface area contributed by atoms with Crippen molar-refractivity contribution in [2.75, 3.05) is 10.7 Å². The number of hydrogen-bond donors (Lipinski definition) is 0. The van der Waals surface area contributed by atoms with Crippen LogP contribution in [0.1, 0.15) is 10.4 Å². The fraction of sp³-hybridized carbons (Fsp3) is 0.118. The summed E-state index contributed by atoms with van der Waals surface area (Å²) in [7, 11) is -3.32. The summed E-state index contributed by atoms with van der Waals surface area (Å²) in [6, 6.07) is 13.4. The number of nitrogens with zero attached hydrogens (tertiary/aromatic N) is 1. The lowest BCUT2D eigenvalue weighted by molar-refractivity contribution is 0.0983. The van der Waals surface area contributed by atoms with Crippen LogP contribution in [0.25, 0.3) is 0 Å². The number of rotatable bonds is 3. The first kappa shape index (κ1) is 15.4. The maximum atomic E-state index is 13.2. The van der Waals surface area contributed by atoms with Gasteiger partial charge >= 0.3 is 0 Å². The van der Waals surface area contributed by atoms with Crippen molar-refractivity contribution in [2.45, 2.75) is 6.04 Å². The maximum Gasteiger partial charge on any atom is 0.258 e. The summed E-state index contributed by atoms with van der Waals surface area (Å²) in [4.78, 5) is 14.2. The molecular weight excluding hydrogens is 317 g/mol.